The average Bonchev–Trinajstić information content (AvgIpc) is 2.44. The van der Waals surface area contributed by atoms with Gasteiger partial charge in [0.15, 0.2) is 0 Å². The first-order chi connectivity index (χ1) is 9.12. The maximum absolute atomic E-state index is 3.63. The molecule has 0 bridgehead atoms. The molecule has 0 aromatic heterocycles. The molecule has 1 aromatic rings. The first-order valence-corrected chi connectivity index (χ1v) is 8.51. The van der Waals surface area contributed by atoms with Crippen molar-refractivity contribution in [2.75, 3.05) is 12.3 Å². The van der Waals surface area contributed by atoms with Gasteiger partial charge in [-0.2, -0.15) is 0 Å². The minimum atomic E-state index is 0.464. The molecule has 0 saturated heterocycles. The lowest BCUT2D eigenvalue weighted by Crippen LogP contribution is -2.37. The summed E-state index contributed by atoms with van der Waals surface area (Å²) in [6.07, 6.45) is 3.82. The van der Waals surface area contributed by atoms with E-state index in [-0.39, 0.29) is 0 Å². The van der Waals surface area contributed by atoms with E-state index in [9.17, 15) is 0 Å². The van der Waals surface area contributed by atoms with Gasteiger partial charge in [0.05, 0.1) is 0 Å². The quantitative estimate of drug-likeness (QED) is 0.640. The standard InChI is InChI=1S/C17H29NS/c1-5-17(6-2,14-18-15(3)4)12-13-19-16-10-8-7-9-11-16/h7-11,15,18H,5-6,12-14H2,1-4H3. The highest BCUT2D eigenvalue weighted by Crippen LogP contribution is 2.33. The van der Waals surface area contributed by atoms with Gasteiger partial charge in [-0.15, -0.1) is 11.8 Å². The van der Waals surface area contributed by atoms with E-state index in [1.807, 2.05) is 11.8 Å². The van der Waals surface area contributed by atoms with Crippen LogP contribution < -0.4 is 5.32 Å². The molecule has 0 aliphatic rings. The third-order valence-corrected chi connectivity index (χ3v) is 5.04. The summed E-state index contributed by atoms with van der Waals surface area (Å²) in [5, 5.41) is 3.63. The van der Waals surface area contributed by atoms with Crippen LogP contribution in [0.4, 0.5) is 0 Å². The molecule has 1 aromatic carbocycles. The zero-order chi connectivity index (χ0) is 14.1. The molecule has 1 rings (SSSR count). The monoisotopic (exact) mass is 279 g/mol. The van der Waals surface area contributed by atoms with Crippen LogP contribution in [0.5, 0.6) is 0 Å². The Morgan fingerprint density at radius 1 is 1.11 bits per heavy atom. The van der Waals surface area contributed by atoms with Gasteiger partial charge in [-0.1, -0.05) is 45.9 Å². The lowest BCUT2D eigenvalue weighted by molar-refractivity contribution is 0.234. The van der Waals surface area contributed by atoms with E-state index in [4.69, 9.17) is 0 Å². The van der Waals surface area contributed by atoms with E-state index < -0.39 is 0 Å². The van der Waals surface area contributed by atoms with Gasteiger partial charge in [0, 0.05) is 17.5 Å². The van der Waals surface area contributed by atoms with E-state index in [1.165, 1.54) is 29.9 Å². The minimum Gasteiger partial charge on any atom is -0.314 e. The lowest BCUT2D eigenvalue weighted by Gasteiger charge is -2.33. The van der Waals surface area contributed by atoms with Gasteiger partial charge in [0.25, 0.3) is 0 Å². The molecule has 0 fully saturated rings. The number of rotatable bonds is 9. The molecular formula is C17H29NS. The number of benzene rings is 1. The second-order valence-corrected chi connectivity index (χ2v) is 6.82. The molecule has 0 unspecified atom stereocenters. The highest BCUT2D eigenvalue weighted by Gasteiger charge is 2.25. The van der Waals surface area contributed by atoms with Gasteiger partial charge in [-0.3, -0.25) is 0 Å². The third-order valence-electron chi connectivity index (χ3n) is 4.03. The summed E-state index contributed by atoms with van der Waals surface area (Å²) < 4.78 is 0. The maximum Gasteiger partial charge on any atom is 0.00719 e. The largest absolute Gasteiger partial charge is 0.314 e. The zero-order valence-electron chi connectivity index (χ0n) is 12.9. The van der Waals surface area contributed by atoms with E-state index in [1.54, 1.807) is 0 Å². The Labute approximate surface area is 123 Å². The predicted molar refractivity (Wildman–Crippen MR) is 87.9 cm³/mol. The molecule has 108 valence electrons. The molecule has 0 radical (unpaired) electrons. The molecule has 1 N–H and O–H groups in total. The fourth-order valence-corrected chi connectivity index (χ4v) is 3.39. The zero-order valence-corrected chi connectivity index (χ0v) is 13.7. The van der Waals surface area contributed by atoms with E-state index >= 15 is 0 Å². The summed E-state index contributed by atoms with van der Waals surface area (Å²) in [4.78, 5) is 1.39. The molecule has 0 spiro atoms. The Balaban J connectivity index is 2.44. The van der Waals surface area contributed by atoms with Crippen molar-refractivity contribution in [1.29, 1.82) is 0 Å². The highest BCUT2D eigenvalue weighted by atomic mass is 32.2. The smallest absolute Gasteiger partial charge is 0.00719 e. The fraction of sp³-hybridized carbons (Fsp3) is 0.647. The van der Waals surface area contributed by atoms with Crippen LogP contribution in [-0.4, -0.2) is 18.3 Å². The molecule has 0 aliphatic carbocycles. The summed E-state index contributed by atoms with van der Waals surface area (Å²) >= 11 is 1.98. The topological polar surface area (TPSA) is 12.0 Å². The van der Waals surface area contributed by atoms with Crippen molar-refractivity contribution in [3.63, 3.8) is 0 Å². The molecule has 0 aliphatic heterocycles. The summed E-state index contributed by atoms with van der Waals surface area (Å²) in [5.41, 5.74) is 0.464. The van der Waals surface area contributed by atoms with Gasteiger partial charge >= 0.3 is 0 Å². The Bertz CT molecular complexity index is 330. The number of nitrogens with one attached hydrogen (secondary N) is 1. The van der Waals surface area contributed by atoms with Crippen molar-refractivity contribution in [3.8, 4) is 0 Å². The molecule has 0 heterocycles. The van der Waals surface area contributed by atoms with Gasteiger partial charge in [0.1, 0.15) is 0 Å². The van der Waals surface area contributed by atoms with Crippen molar-refractivity contribution in [2.24, 2.45) is 5.41 Å². The second kappa shape index (κ2) is 8.65. The van der Waals surface area contributed by atoms with Gasteiger partial charge in [0.2, 0.25) is 0 Å². The van der Waals surface area contributed by atoms with Crippen molar-refractivity contribution in [2.45, 2.75) is 57.9 Å². The second-order valence-electron chi connectivity index (χ2n) is 5.65. The van der Waals surface area contributed by atoms with Crippen LogP contribution in [0, 0.1) is 5.41 Å². The first-order valence-electron chi connectivity index (χ1n) is 7.53. The van der Waals surface area contributed by atoms with Crippen molar-refractivity contribution >= 4 is 11.8 Å². The van der Waals surface area contributed by atoms with Gasteiger partial charge < -0.3 is 5.32 Å². The van der Waals surface area contributed by atoms with Gasteiger partial charge in [-0.05, 0) is 42.6 Å². The SMILES string of the molecule is CCC(CC)(CCSc1ccccc1)CNC(C)C. The first kappa shape index (κ1) is 16.6. The molecule has 19 heavy (non-hydrogen) atoms. The Kier molecular flexibility index (Phi) is 7.55. The van der Waals surface area contributed by atoms with Crippen LogP contribution in [0.15, 0.2) is 35.2 Å². The average molecular weight is 279 g/mol. The maximum atomic E-state index is 3.63. The van der Waals surface area contributed by atoms with Crippen molar-refractivity contribution in [3.05, 3.63) is 30.3 Å². The van der Waals surface area contributed by atoms with Crippen LogP contribution in [0.2, 0.25) is 0 Å². The third kappa shape index (κ3) is 6.01. The molecule has 1 nitrogen and oxygen atoms in total. The van der Waals surface area contributed by atoms with Crippen LogP contribution in [0.25, 0.3) is 0 Å². The highest BCUT2D eigenvalue weighted by molar-refractivity contribution is 7.99. The van der Waals surface area contributed by atoms with E-state index in [0.29, 0.717) is 11.5 Å². The Morgan fingerprint density at radius 2 is 1.74 bits per heavy atom. The van der Waals surface area contributed by atoms with Crippen LogP contribution >= 0.6 is 11.8 Å². The van der Waals surface area contributed by atoms with Crippen molar-refractivity contribution in [1.82, 2.24) is 5.32 Å². The minimum absolute atomic E-state index is 0.464. The fourth-order valence-electron chi connectivity index (χ4n) is 2.26. The summed E-state index contributed by atoms with van der Waals surface area (Å²) in [7, 11) is 0. The summed E-state index contributed by atoms with van der Waals surface area (Å²) in [6, 6.07) is 11.3. The molecule has 2 heteroatoms. The van der Waals surface area contributed by atoms with E-state index in [2.05, 4.69) is 63.3 Å². The van der Waals surface area contributed by atoms with Crippen molar-refractivity contribution < 1.29 is 0 Å². The number of hydrogen-bond donors (Lipinski definition) is 1. The Hall–Kier alpha value is -0.470. The predicted octanol–water partition coefficient (Wildman–Crippen LogP) is 4.97. The molecular weight excluding hydrogens is 250 g/mol. The summed E-state index contributed by atoms with van der Waals surface area (Å²) in [5.74, 6) is 1.21. The molecule has 0 atom stereocenters. The Morgan fingerprint density at radius 3 is 2.26 bits per heavy atom. The van der Waals surface area contributed by atoms with Gasteiger partial charge in [-0.25, -0.2) is 0 Å². The lowest BCUT2D eigenvalue weighted by atomic mass is 9.79. The van der Waals surface area contributed by atoms with E-state index in [0.717, 1.165) is 6.54 Å². The summed E-state index contributed by atoms with van der Waals surface area (Å²) in [6.45, 7) is 10.3. The normalized spacial score (nSPS) is 12.1. The molecule has 0 amide bonds. The van der Waals surface area contributed by atoms with Crippen LogP contribution in [0.3, 0.4) is 0 Å². The number of thioether (sulfide) groups is 1. The van der Waals surface area contributed by atoms with Crippen LogP contribution in [-0.2, 0) is 0 Å². The van der Waals surface area contributed by atoms with Crippen LogP contribution in [0.1, 0.15) is 47.0 Å². The molecule has 0 saturated carbocycles. The number of hydrogen-bond acceptors (Lipinski definition) is 2.